The minimum atomic E-state index is -5.79. The molecule has 0 fully saturated rings. The van der Waals surface area contributed by atoms with Crippen LogP contribution in [0.15, 0.2) is 11.6 Å². The Bertz CT molecular complexity index is 390. The highest BCUT2D eigenvalue weighted by molar-refractivity contribution is 5.15. The predicted molar refractivity (Wildman–Crippen MR) is 73.3 cm³/mol. The first kappa shape index (κ1) is 21.3. The molecule has 0 spiro atoms. The summed E-state index contributed by atoms with van der Waals surface area (Å²) in [5.74, 6) is 0. The summed E-state index contributed by atoms with van der Waals surface area (Å²) in [6.45, 7) is 10.7. The highest BCUT2D eigenvalue weighted by Gasteiger charge is 2.69. The quantitative estimate of drug-likeness (QED) is 0.523. The average Bonchev–Trinajstić information content (AvgIpc) is 2.16. The summed E-state index contributed by atoms with van der Waals surface area (Å²) < 4.78 is 76.1. The van der Waals surface area contributed by atoms with Crippen LogP contribution in [0.3, 0.4) is 0 Å². The van der Waals surface area contributed by atoms with E-state index >= 15 is 0 Å². The van der Waals surface area contributed by atoms with Gasteiger partial charge in [-0.3, -0.25) is 0 Å². The molecule has 0 aliphatic heterocycles. The van der Waals surface area contributed by atoms with Gasteiger partial charge in [0.25, 0.3) is 5.60 Å². The molecule has 0 atom stereocenters. The molecule has 1 N–H and O–H groups in total. The number of rotatable bonds is 3. The lowest BCUT2D eigenvalue weighted by Crippen LogP contribution is -2.56. The predicted octanol–water partition coefficient (Wildman–Crippen LogP) is 5.64. The molecule has 22 heavy (non-hydrogen) atoms. The lowest BCUT2D eigenvalue weighted by atomic mass is 9.75. The molecule has 0 aromatic rings. The van der Waals surface area contributed by atoms with E-state index in [1.165, 1.54) is 0 Å². The van der Waals surface area contributed by atoms with Crippen LogP contribution in [0.5, 0.6) is 0 Å². The highest BCUT2D eigenvalue weighted by Crippen LogP contribution is 2.46. The first-order valence-electron chi connectivity index (χ1n) is 6.87. The summed E-state index contributed by atoms with van der Waals surface area (Å²) in [7, 11) is 0. The molecule has 0 rings (SSSR count). The number of allylic oxidation sites excluding steroid dienone is 1. The van der Waals surface area contributed by atoms with Crippen molar-refractivity contribution in [3.05, 3.63) is 11.6 Å². The van der Waals surface area contributed by atoms with Gasteiger partial charge in [-0.25, -0.2) is 0 Å². The van der Waals surface area contributed by atoms with Gasteiger partial charge in [0, 0.05) is 6.42 Å². The van der Waals surface area contributed by atoms with Crippen LogP contribution < -0.4 is 0 Å². The fraction of sp³-hybridized carbons (Fsp3) is 0.867. The summed E-state index contributed by atoms with van der Waals surface area (Å²) >= 11 is 0. The zero-order chi connectivity index (χ0) is 18.2. The van der Waals surface area contributed by atoms with E-state index in [1.54, 1.807) is 20.8 Å². The Balaban J connectivity index is 5.71. The van der Waals surface area contributed by atoms with E-state index in [2.05, 4.69) is 0 Å². The highest BCUT2D eigenvalue weighted by atomic mass is 19.4. The second-order valence-corrected chi connectivity index (χ2v) is 7.78. The molecule has 7 heteroatoms. The fourth-order valence-corrected chi connectivity index (χ4v) is 1.88. The third kappa shape index (κ3) is 5.48. The van der Waals surface area contributed by atoms with E-state index < -0.39 is 29.8 Å². The van der Waals surface area contributed by atoms with Crippen molar-refractivity contribution in [1.29, 1.82) is 0 Å². The maximum atomic E-state index is 12.7. The minimum Gasteiger partial charge on any atom is -0.373 e. The van der Waals surface area contributed by atoms with Crippen LogP contribution in [0, 0.1) is 10.8 Å². The molecule has 0 radical (unpaired) electrons. The van der Waals surface area contributed by atoms with Gasteiger partial charge >= 0.3 is 12.4 Å². The Hall–Kier alpha value is -0.720. The zero-order valence-corrected chi connectivity index (χ0v) is 13.7. The third-order valence-electron chi connectivity index (χ3n) is 3.27. The van der Waals surface area contributed by atoms with Crippen LogP contribution in [0.2, 0.25) is 0 Å². The van der Waals surface area contributed by atoms with Gasteiger partial charge in [0.1, 0.15) is 0 Å². The molecule has 0 aromatic carbocycles. The topological polar surface area (TPSA) is 20.2 Å². The lowest BCUT2D eigenvalue weighted by Gasteiger charge is -2.34. The van der Waals surface area contributed by atoms with Crippen molar-refractivity contribution in [2.75, 3.05) is 0 Å². The summed E-state index contributed by atoms with van der Waals surface area (Å²) in [4.78, 5) is 0. The van der Waals surface area contributed by atoms with E-state index in [1.807, 2.05) is 20.8 Å². The lowest BCUT2D eigenvalue weighted by molar-refractivity contribution is -0.366. The number of hydrogen-bond donors (Lipinski definition) is 1. The fourth-order valence-electron chi connectivity index (χ4n) is 1.88. The van der Waals surface area contributed by atoms with Gasteiger partial charge in [0.2, 0.25) is 0 Å². The smallest absolute Gasteiger partial charge is 0.373 e. The Labute approximate surface area is 127 Å². The molecule has 0 aliphatic rings. The van der Waals surface area contributed by atoms with E-state index in [0.717, 1.165) is 6.08 Å². The van der Waals surface area contributed by atoms with Crippen LogP contribution in [0.1, 0.15) is 54.4 Å². The van der Waals surface area contributed by atoms with E-state index in [4.69, 9.17) is 0 Å². The maximum absolute atomic E-state index is 12.7. The van der Waals surface area contributed by atoms with Crippen molar-refractivity contribution in [1.82, 2.24) is 0 Å². The molecule has 0 aromatic heterocycles. The van der Waals surface area contributed by atoms with Gasteiger partial charge in [-0.05, 0) is 17.3 Å². The average molecular weight is 334 g/mol. The van der Waals surface area contributed by atoms with Crippen molar-refractivity contribution < 1.29 is 31.4 Å². The minimum absolute atomic E-state index is 0.298. The largest absolute Gasteiger partial charge is 0.426 e. The zero-order valence-electron chi connectivity index (χ0n) is 13.7. The number of aliphatic hydroxyl groups is 1. The molecule has 0 unspecified atom stereocenters. The molecule has 1 nitrogen and oxygen atoms in total. The summed E-state index contributed by atoms with van der Waals surface area (Å²) in [6.07, 6.45) is -11.9. The van der Waals surface area contributed by atoms with E-state index in [0.29, 0.717) is 12.0 Å². The van der Waals surface area contributed by atoms with Crippen LogP contribution in [0.4, 0.5) is 26.3 Å². The SMILES string of the molecule is CC(C)(C)CC(=CCC(O)(C(F)(F)F)C(F)(F)F)C(C)(C)C. The summed E-state index contributed by atoms with van der Waals surface area (Å²) in [6, 6.07) is 0. The van der Waals surface area contributed by atoms with Crippen LogP contribution in [-0.2, 0) is 0 Å². The van der Waals surface area contributed by atoms with Gasteiger partial charge in [-0.2, -0.15) is 26.3 Å². The maximum Gasteiger partial charge on any atom is 0.426 e. The number of hydrogen-bond acceptors (Lipinski definition) is 1. The molecular weight excluding hydrogens is 310 g/mol. The van der Waals surface area contributed by atoms with Crippen molar-refractivity contribution in [3.8, 4) is 0 Å². The molecule has 132 valence electrons. The summed E-state index contributed by atoms with van der Waals surface area (Å²) in [5.41, 5.74) is -5.17. The molecule has 0 bridgehead atoms. The first-order chi connectivity index (χ1) is 9.31. The third-order valence-corrected chi connectivity index (χ3v) is 3.27. The standard InChI is InChI=1S/C15H24F6O/c1-11(2,3)9-10(12(4,5)6)7-8-13(22,14(16,17)18)15(19,20)21/h7,22H,8-9H2,1-6H3. The number of halogens is 6. The molecule has 0 aliphatic carbocycles. The van der Waals surface area contributed by atoms with Crippen molar-refractivity contribution in [3.63, 3.8) is 0 Å². The molecule has 0 heterocycles. The van der Waals surface area contributed by atoms with Gasteiger partial charge < -0.3 is 5.11 Å². The van der Waals surface area contributed by atoms with Gasteiger partial charge in [-0.1, -0.05) is 53.2 Å². The molecule has 0 saturated carbocycles. The molecule has 0 saturated heterocycles. The second kappa shape index (κ2) is 6.06. The molecular formula is C15H24F6O. The van der Waals surface area contributed by atoms with E-state index in [9.17, 15) is 31.4 Å². The van der Waals surface area contributed by atoms with Gasteiger partial charge in [-0.15, -0.1) is 0 Å². The normalized spacial score (nSPS) is 16.1. The van der Waals surface area contributed by atoms with Gasteiger partial charge in [0.05, 0.1) is 0 Å². The molecule has 0 amide bonds. The number of alkyl halides is 6. The Morgan fingerprint density at radius 2 is 1.18 bits per heavy atom. The van der Waals surface area contributed by atoms with Gasteiger partial charge in [0.15, 0.2) is 0 Å². The monoisotopic (exact) mass is 334 g/mol. The van der Waals surface area contributed by atoms with Crippen LogP contribution in [-0.4, -0.2) is 23.1 Å². The van der Waals surface area contributed by atoms with Crippen molar-refractivity contribution in [2.45, 2.75) is 72.3 Å². The summed E-state index contributed by atoms with van der Waals surface area (Å²) in [5, 5.41) is 9.20. The van der Waals surface area contributed by atoms with Crippen LogP contribution in [0.25, 0.3) is 0 Å². The Morgan fingerprint density at radius 3 is 1.41 bits per heavy atom. The van der Waals surface area contributed by atoms with Crippen molar-refractivity contribution in [2.24, 2.45) is 10.8 Å². The van der Waals surface area contributed by atoms with Crippen LogP contribution >= 0.6 is 0 Å². The first-order valence-corrected chi connectivity index (χ1v) is 6.87. The second-order valence-electron chi connectivity index (χ2n) is 7.78. The van der Waals surface area contributed by atoms with E-state index in [-0.39, 0.29) is 5.41 Å². The van der Waals surface area contributed by atoms with Crippen molar-refractivity contribution >= 4 is 0 Å². The Kier molecular flexibility index (Phi) is 5.86. The Morgan fingerprint density at radius 1 is 0.818 bits per heavy atom.